The number of nitrogens with zero attached hydrogens (tertiary/aromatic N) is 2. The van der Waals surface area contributed by atoms with Crippen LogP contribution in [0.5, 0.6) is 0 Å². The van der Waals surface area contributed by atoms with Crippen LogP contribution in [0.1, 0.15) is 38.6 Å². The van der Waals surface area contributed by atoms with E-state index in [4.69, 9.17) is 0 Å². The molecule has 20 heavy (non-hydrogen) atoms. The Bertz CT molecular complexity index is 459. The first-order chi connectivity index (χ1) is 9.47. The number of carbonyl (C=O) groups excluding carboxylic acids is 1. The molecule has 0 radical (unpaired) electrons. The quantitative estimate of drug-likeness (QED) is 0.708. The summed E-state index contributed by atoms with van der Waals surface area (Å²) < 4.78 is 0. The number of nitrogens with one attached hydrogen (secondary N) is 3. The summed E-state index contributed by atoms with van der Waals surface area (Å²) in [4.78, 5) is 20.5. The number of hydrogen-bond donors (Lipinski definition) is 3. The molecule has 1 amide bonds. The maximum absolute atomic E-state index is 11.6. The molecule has 0 unspecified atom stereocenters. The first kappa shape index (κ1) is 16.2. The highest BCUT2D eigenvalue weighted by Gasteiger charge is 2.09. The molecule has 0 aromatic carbocycles. The SMILES string of the molecule is CCc1nc(NC)c(C)c(NCCC(=O)NC(C)C)n1. The van der Waals surface area contributed by atoms with Crippen molar-refractivity contribution in [2.75, 3.05) is 24.2 Å². The van der Waals surface area contributed by atoms with Gasteiger partial charge in [0, 0.05) is 38.0 Å². The van der Waals surface area contributed by atoms with Crippen molar-refractivity contribution in [3.63, 3.8) is 0 Å². The average molecular weight is 279 g/mol. The van der Waals surface area contributed by atoms with Crippen LogP contribution in [0.3, 0.4) is 0 Å². The second-order valence-corrected chi connectivity index (χ2v) is 4.96. The summed E-state index contributed by atoms with van der Waals surface area (Å²) >= 11 is 0. The molecule has 0 aliphatic carbocycles. The van der Waals surface area contributed by atoms with Crippen LogP contribution in [-0.2, 0) is 11.2 Å². The van der Waals surface area contributed by atoms with E-state index in [2.05, 4.69) is 25.9 Å². The summed E-state index contributed by atoms with van der Waals surface area (Å²) in [6.07, 6.45) is 1.20. The van der Waals surface area contributed by atoms with Crippen LogP contribution in [0.25, 0.3) is 0 Å². The van der Waals surface area contributed by atoms with E-state index >= 15 is 0 Å². The average Bonchev–Trinajstić information content (AvgIpc) is 2.39. The van der Waals surface area contributed by atoms with Crippen LogP contribution < -0.4 is 16.0 Å². The van der Waals surface area contributed by atoms with Gasteiger partial charge in [0.25, 0.3) is 0 Å². The Morgan fingerprint density at radius 3 is 2.45 bits per heavy atom. The minimum Gasteiger partial charge on any atom is -0.373 e. The molecule has 0 atom stereocenters. The molecule has 112 valence electrons. The van der Waals surface area contributed by atoms with Crippen LogP contribution >= 0.6 is 0 Å². The Labute approximate surface area is 120 Å². The Morgan fingerprint density at radius 2 is 1.90 bits per heavy atom. The van der Waals surface area contributed by atoms with E-state index in [9.17, 15) is 4.79 Å². The van der Waals surface area contributed by atoms with Gasteiger partial charge in [-0.15, -0.1) is 0 Å². The second-order valence-electron chi connectivity index (χ2n) is 4.96. The Morgan fingerprint density at radius 1 is 1.25 bits per heavy atom. The molecule has 1 heterocycles. The van der Waals surface area contributed by atoms with Crippen molar-refractivity contribution in [2.45, 2.75) is 46.6 Å². The van der Waals surface area contributed by atoms with Gasteiger partial charge in [-0.1, -0.05) is 6.92 Å². The fourth-order valence-electron chi connectivity index (χ4n) is 1.83. The Kier molecular flexibility index (Phi) is 6.21. The molecular weight excluding hydrogens is 254 g/mol. The van der Waals surface area contributed by atoms with E-state index < -0.39 is 0 Å². The van der Waals surface area contributed by atoms with Crippen LogP contribution in [0.15, 0.2) is 0 Å². The molecule has 0 saturated heterocycles. The van der Waals surface area contributed by atoms with Crippen LogP contribution in [0.4, 0.5) is 11.6 Å². The molecule has 0 aliphatic rings. The van der Waals surface area contributed by atoms with Crippen molar-refractivity contribution in [3.8, 4) is 0 Å². The van der Waals surface area contributed by atoms with Gasteiger partial charge in [0.1, 0.15) is 17.5 Å². The van der Waals surface area contributed by atoms with Crippen LogP contribution in [-0.4, -0.2) is 35.5 Å². The zero-order valence-electron chi connectivity index (χ0n) is 13.0. The predicted octanol–water partition coefficient (Wildman–Crippen LogP) is 1.72. The Balaban J connectivity index is 2.65. The highest BCUT2D eigenvalue weighted by molar-refractivity contribution is 5.76. The van der Waals surface area contributed by atoms with Gasteiger partial charge in [-0.3, -0.25) is 4.79 Å². The lowest BCUT2D eigenvalue weighted by Gasteiger charge is -2.13. The molecule has 1 aromatic rings. The molecule has 0 fully saturated rings. The first-order valence-electron chi connectivity index (χ1n) is 7.06. The van der Waals surface area contributed by atoms with Crippen LogP contribution in [0.2, 0.25) is 0 Å². The van der Waals surface area contributed by atoms with E-state index in [0.29, 0.717) is 13.0 Å². The van der Waals surface area contributed by atoms with Gasteiger partial charge in [-0.05, 0) is 20.8 Å². The van der Waals surface area contributed by atoms with Gasteiger partial charge >= 0.3 is 0 Å². The smallest absolute Gasteiger partial charge is 0.221 e. The Hall–Kier alpha value is -1.85. The highest BCUT2D eigenvalue weighted by Crippen LogP contribution is 2.19. The number of amides is 1. The summed E-state index contributed by atoms with van der Waals surface area (Å²) in [5, 5.41) is 9.14. The van der Waals surface area contributed by atoms with E-state index in [1.54, 1.807) is 0 Å². The van der Waals surface area contributed by atoms with E-state index in [0.717, 1.165) is 29.4 Å². The number of rotatable bonds is 7. The normalized spacial score (nSPS) is 10.5. The molecule has 6 nitrogen and oxygen atoms in total. The van der Waals surface area contributed by atoms with Crippen molar-refractivity contribution in [1.29, 1.82) is 0 Å². The van der Waals surface area contributed by atoms with Gasteiger partial charge in [-0.25, -0.2) is 9.97 Å². The third-order valence-electron chi connectivity index (χ3n) is 2.84. The maximum Gasteiger partial charge on any atom is 0.221 e. The topological polar surface area (TPSA) is 78.9 Å². The molecular formula is C14H25N5O. The summed E-state index contributed by atoms with van der Waals surface area (Å²) in [7, 11) is 1.84. The van der Waals surface area contributed by atoms with Crippen molar-refractivity contribution in [1.82, 2.24) is 15.3 Å². The summed E-state index contributed by atoms with van der Waals surface area (Å²) in [5.74, 6) is 2.45. The zero-order valence-corrected chi connectivity index (χ0v) is 13.0. The number of anilines is 2. The lowest BCUT2D eigenvalue weighted by Crippen LogP contribution is -2.31. The number of hydrogen-bond acceptors (Lipinski definition) is 5. The third-order valence-corrected chi connectivity index (χ3v) is 2.84. The molecule has 0 aliphatic heterocycles. The monoisotopic (exact) mass is 279 g/mol. The molecule has 0 spiro atoms. The highest BCUT2D eigenvalue weighted by atomic mass is 16.1. The van der Waals surface area contributed by atoms with Gasteiger partial charge in [0.15, 0.2) is 0 Å². The molecule has 1 aromatic heterocycles. The number of aromatic nitrogens is 2. The summed E-state index contributed by atoms with van der Waals surface area (Å²) in [5.41, 5.74) is 0.967. The van der Waals surface area contributed by atoms with E-state index in [1.807, 2.05) is 34.7 Å². The van der Waals surface area contributed by atoms with E-state index in [-0.39, 0.29) is 11.9 Å². The second kappa shape index (κ2) is 7.67. The lowest BCUT2D eigenvalue weighted by atomic mass is 10.2. The fraction of sp³-hybridized carbons (Fsp3) is 0.643. The molecule has 6 heteroatoms. The minimum absolute atomic E-state index is 0.0452. The third kappa shape index (κ3) is 4.68. The first-order valence-corrected chi connectivity index (χ1v) is 7.06. The number of carbonyl (C=O) groups is 1. The fourth-order valence-corrected chi connectivity index (χ4v) is 1.83. The predicted molar refractivity (Wildman–Crippen MR) is 82.1 cm³/mol. The summed E-state index contributed by atoms with van der Waals surface area (Å²) in [6.45, 7) is 8.44. The van der Waals surface area contributed by atoms with Crippen molar-refractivity contribution in [2.24, 2.45) is 0 Å². The molecule has 0 saturated carbocycles. The largest absolute Gasteiger partial charge is 0.373 e. The van der Waals surface area contributed by atoms with Crippen molar-refractivity contribution in [3.05, 3.63) is 11.4 Å². The van der Waals surface area contributed by atoms with Crippen molar-refractivity contribution >= 4 is 17.5 Å². The standard InChI is InChI=1S/C14H25N5O/c1-6-11-18-13(15-5)10(4)14(19-11)16-8-7-12(20)17-9(2)3/h9H,6-8H2,1-5H3,(H,17,20)(H2,15,16,18,19). The molecule has 3 N–H and O–H groups in total. The summed E-state index contributed by atoms with van der Waals surface area (Å²) in [6, 6.07) is 0.172. The van der Waals surface area contributed by atoms with E-state index in [1.165, 1.54) is 0 Å². The molecule has 1 rings (SSSR count). The van der Waals surface area contributed by atoms with Gasteiger partial charge in [-0.2, -0.15) is 0 Å². The van der Waals surface area contributed by atoms with Crippen LogP contribution in [0, 0.1) is 6.92 Å². The minimum atomic E-state index is 0.0452. The van der Waals surface area contributed by atoms with Gasteiger partial charge < -0.3 is 16.0 Å². The van der Waals surface area contributed by atoms with Gasteiger partial charge in [0.05, 0.1) is 0 Å². The number of aryl methyl sites for hydroxylation is 1. The lowest BCUT2D eigenvalue weighted by molar-refractivity contribution is -0.121. The molecule has 0 bridgehead atoms. The zero-order chi connectivity index (χ0) is 15.1. The maximum atomic E-state index is 11.6. The van der Waals surface area contributed by atoms with Gasteiger partial charge in [0.2, 0.25) is 5.91 Å². The van der Waals surface area contributed by atoms with Crippen molar-refractivity contribution < 1.29 is 4.79 Å².